The number of carboxylic acid groups (broad SMARTS) is 1. The van der Waals surface area contributed by atoms with Gasteiger partial charge in [-0.2, -0.15) is 0 Å². The molecule has 0 bridgehead atoms. The topological polar surface area (TPSA) is 37.3 Å². The molecule has 0 aliphatic carbocycles. The van der Waals surface area contributed by atoms with Crippen molar-refractivity contribution in [3.63, 3.8) is 0 Å². The van der Waals surface area contributed by atoms with E-state index < -0.39 is 5.97 Å². The predicted octanol–water partition coefficient (Wildman–Crippen LogP) is 4.05. The third-order valence-electron chi connectivity index (χ3n) is 2.70. The summed E-state index contributed by atoms with van der Waals surface area (Å²) >= 11 is 3.38. The molecule has 0 fully saturated rings. The Labute approximate surface area is 105 Å². The monoisotopic (exact) mass is 284 g/mol. The first kappa shape index (κ1) is 13.2. The summed E-state index contributed by atoms with van der Waals surface area (Å²) in [5.74, 6) is -0.707. The number of halogens is 1. The zero-order valence-electron chi connectivity index (χ0n) is 9.83. The molecule has 88 valence electrons. The van der Waals surface area contributed by atoms with Crippen LogP contribution in [0.4, 0.5) is 0 Å². The second-order valence-electron chi connectivity index (χ2n) is 5.07. The molecule has 0 aromatic heterocycles. The van der Waals surface area contributed by atoms with Gasteiger partial charge in [0.2, 0.25) is 0 Å². The molecular formula is C13H17BrO2. The quantitative estimate of drug-likeness (QED) is 0.909. The van der Waals surface area contributed by atoms with Crippen LogP contribution in [-0.4, -0.2) is 11.1 Å². The smallest absolute Gasteiger partial charge is 0.303 e. The molecule has 16 heavy (non-hydrogen) atoms. The first-order valence-corrected chi connectivity index (χ1v) is 6.07. The molecule has 1 N–H and O–H groups in total. The van der Waals surface area contributed by atoms with Crippen LogP contribution in [0.1, 0.15) is 38.7 Å². The second kappa shape index (κ2) is 5.00. The highest BCUT2D eigenvalue weighted by Crippen LogP contribution is 2.37. The molecule has 0 spiro atoms. The minimum absolute atomic E-state index is 0.0399. The molecule has 1 unspecified atom stereocenters. The summed E-state index contributed by atoms with van der Waals surface area (Å²) in [6.45, 7) is 6.22. The van der Waals surface area contributed by atoms with Crippen LogP contribution in [0.25, 0.3) is 0 Å². The lowest BCUT2D eigenvalue weighted by atomic mass is 9.75. The van der Waals surface area contributed by atoms with Crippen LogP contribution >= 0.6 is 15.9 Å². The van der Waals surface area contributed by atoms with Crippen molar-refractivity contribution >= 4 is 21.9 Å². The van der Waals surface area contributed by atoms with Crippen LogP contribution in [-0.2, 0) is 4.79 Å². The van der Waals surface area contributed by atoms with E-state index in [9.17, 15) is 4.79 Å². The van der Waals surface area contributed by atoms with E-state index >= 15 is 0 Å². The summed E-state index contributed by atoms with van der Waals surface area (Å²) in [6, 6.07) is 7.89. The van der Waals surface area contributed by atoms with Gasteiger partial charge in [-0.1, -0.05) is 48.8 Å². The molecule has 1 aromatic carbocycles. The van der Waals surface area contributed by atoms with Crippen LogP contribution in [0.2, 0.25) is 0 Å². The van der Waals surface area contributed by atoms with Gasteiger partial charge < -0.3 is 5.11 Å². The predicted molar refractivity (Wildman–Crippen MR) is 68.6 cm³/mol. The molecule has 1 atom stereocenters. The number of carboxylic acids is 1. The molecular weight excluding hydrogens is 268 g/mol. The van der Waals surface area contributed by atoms with Crippen LogP contribution in [0.3, 0.4) is 0 Å². The van der Waals surface area contributed by atoms with Crippen LogP contribution in [0, 0.1) is 5.41 Å². The summed E-state index contributed by atoms with van der Waals surface area (Å²) in [6.07, 6.45) is 0.172. The maximum absolute atomic E-state index is 10.9. The van der Waals surface area contributed by atoms with E-state index in [1.165, 1.54) is 0 Å². The average Bonchev–Trinajstić information content (AvgIpc) is 2.14. The number of aliphatic carboxylic acids is 1. The molecule has 0 amide bonds. The molecule has 0 aliphatic rings. The van der Waals surface area contributed by atoms with Crippen molar-refractivity contribution < 1.29 is 9.90 Å². The van der Waals surface area contributed by atoms with Gasteiger partial charge >= 0.3 is 5.97 Å². The highest BCUT2D eigenvalue weighted by atomic mass is 79.9. The van der Waals surface area contributed by atoms with Crippen molar-refractivity contribution in [2.75, 3.05) is 0 Å². The molecule has 1 aromatic rings. The summed E-state index contributed by atoms with van der Waals surface area (Å²) in [7, 11) is 0. The van der Waals surface area contributed by atoms with Gasteiger partial charge in [0, 0.05) is 4.47 Å². The summed E-state index contributed by atoms with van der Waals surface area (Å²) in [4.78, 5) is 10.9. The Kier molecular flexibility index (Phi) is 4.14. The molecule has 0 heterocycles. The lowest BCUT2D eigenvalue weighted by Gasteiger charge is -2.30. The van der Waals surface area contributed by atoms with E-state index in [0.29, 0.717) is 0 Å². The summed E-state index contributed by atoms with van der Waals surface area (Å²) in [5.41, 5.74) is 1.03. The fourth-order valence-corrected chi connectivity index (χ4v) is 2.06. The highest BCUT2D eigenvalue weighted by molar-refractivity contribution is 9.10. The molecule has 0 radical (unpaired) electrons. The van der Waals surface area contributed by atoms with Gasteiger partial charge in [-0.3, -0.25) is 4.79 Å². The normalized spacial score (nSPS) is 13.5. The Morgan fingerprint density at radius 3 is 2.19 bits per heavy atom. The molecule has 0 saturated heterocycles. The standard InChI is InChI=1S/C13H17BrO2/c1-13(2,3)11(8-12(15)16)9-4-6-10(14)7-5-9/h4-7,11H,8H2,1-3H3,(H,15,16). The van der Waals surface area contributed by atoms with Gasteiger partial charge in [0.15, 0.2) is 0 Å². The van der Waals surface area contributed by atoms with Crippen molar-refractivity contribution in [1.82, 2.24) is 0 Å². The first-order valence-electron chi connectivity index (χ1n) is 5.28. The molecule has 1 rings (SSSR count). The number of rotatable bonds is 3. The Morgan fingerprint density at radius 2 is 1.81 bits per heavy atom. The Balaban J connectivity index is 3.01. The molecule has 3 heteroatoms. The maximum atomic E-state index is 10.9. The van der Waals surface area contributed by atoms with Gasteiger partial charge in [0.05, 0.1) is 6.42 Å². The van der Waals surface area contributed by atoms with Gasteiger partial charge in [-0.15, -0.1) is 0 Å². The minimum atomic E-state index is -0.747. The Bertz CT molecular complexity index is 363. The van der Waals surface area contributed by atoms with Crippen molar-refractivity contribution in [3.05, 3.63) is 34.3 Å². The number of hydrogen-bond acceptors (Lipinski definition) is 1. The third kappa shape index (κ3) is 3.63. The highest BCUT2D eigenvalue weighted by Gasteiger charge is 2.28. The van der Waals surface area contributed by atoms with Crippen molar-refractivity contribution in [2.45, 2.75) is 33.1 Å². The zero-order valence-corrected chi connectivity index (χ0v) is 11.4. The number of carbonyl (C=O) groups is 1. The Hall–Kier alpha value is -0.830. The Morgan fingerprint density at radius 1 is 1.31 bits per heavy atom. The average molecular weight is 285 g/mol. The minimum Gasteiger partial charge on any atom is -0.481 e. The first-order chi connectivity index (χ1) is 7.30. The van der Waals surface area contributed by atoms with Crippen molar-refractivity contribution in [3.8, 4) is 0 Å². The van der Waals surface area contributed by atoms with E-state index in [0.717, 1.165) is 10.0 Å². The number of hydrogen-bond donors (Lipinski definition) is 1. The fraction of sp³-hybridized carbons (Fsp3) is 0.462. The second-order valence-corrected chi connectivity index (χ2v) is 5.98. The van der Waals surface area contributed by atoms with E-state index in [2.05, 4.69) is 36.7 Å². The molecule has 2 nitrogen and oxygen atoms in total. The SMILES string of the molecule is CC(C)(C)C(CC(=O)O)c1ccc(Br)cc1. The van der Waals surface area contributed by atoms with Crippen molar-refractivity contribution in [2.24, 2.45) is 5.41 Å². The molecule has 0 saturated carbocycles. The summed E-state index contributed by atoms with van der Waals surface area (Å²) < 4.78 is 1.01. The van der Waals surface area contributed by atoms with Crippen LogP contribution < -0.4 is 0 Å². The van der Waals surface area contributed by atoms with Crippen LogP contribution in [0.5, 0.6) is 0 Å². The fourth-order valence-electron chi connectivity index (χ4n) is 1.79. The maximum Gasteiger partial charge on any atom is 0.303 e. The largest absolute Gasteiger partial charge is 0.481 e. The third-order valence-corrected chi connectivity index (χ3v) is 3.23. The van der Waals surface area contributed by atoms with E-state index in [1.54, 1.807) is 0 Å². The van der Waals surface area contributed by atoms with Crippen LogP contribution in [0.15, 0.2) is 28.7 Å². The van der Waals surface area contributed by atoms with Gasteiger partial charge in [0.1, 0.15) is 0 Å². The number of benzene rings is 1. The van der Waals surface area contributed by atoms with Gasteiger partial charge in [-0.05, 0) is 29.0 Å². The van der Waals surface area contributed by atoms with Gasteiger partial charge in [-0.25, -0.2) is 0 Å². The van der Waals surface area contributed by atoms with E-state index in [1.807, 2.05) is 24.3 Å². The van der Waals surface area contributed by atoms with Gasteiger partial charge in [0.25, 0.3) is 0 Å². The lowest BCUT2D eigenvalue weighted by molar-refractivity contribution is -0.138. The molecule has 0 aliphatic heterocycles. The van der Waals surface area contributed by atoms with E-state index in [4.69, 9.17) is 5.11 Å². The van der Waals surface area contributed by atoms with E-state index in [-0.39, 0.29) is 17.8 Å². The lowest BCUT2D eigenvalue weighted by Crippen LogP contribution is -2.21. The zero-order chi connectivity index (χ0) is 12.3. The summed E-state index contributed by atoms with van der Waals surface area (Å²) in [5, 5.41) is 8.95. The van der Waals surface area contributed by atoms with Crippen molar-refractivity contribution in [1.29, 1.82) is 0 Å².